The van der Waals surface area contributed by atoms with E-state index in [2.05, 4.69) is 15.5 Å². The number of aliphatic carboxylic acids is 1. The van der Waals surface area contributed by atoms with E-state index in [4.69, 9.17) is 9.47 Å². The lowest BCUT2D eigenvalue weighted by Crippen LogP contribution is -2.62. The van der Waals surface area contributed by atoms with Crippen LogP contribution in [0.15, 0.2) is 30.6 Å². The summed E-state index contributed by atoms with van der Waals surface area (Å²) >= 11 is 1.35. The van der Waals surface area contributed by atoms with Crippen LogP contribution in [-0.4, -0.2) is 74.2 Å². The van der Waals surface area contributed by atoms with Gasteiger partial charge in [-0.1, -0.05) is 11.3 Å². The number of fused-ring (bicyclic) bond motifs is 1. The zero-order valence-corrected chi connectivity index (χ0v) is 27.8. The van der Waals surface area contributed by atoms with E-state index in [1.54, 1.807) is 36.0 Å². The molecule has 2 aliphatic rings. The van der Waals surface area contributed by atoms with Crippen LogP contribution in [0, 0.1) is 18.7 Å². The summed E-state index contributed by atoms with van der Waals surface area (Å²) in [6.07, 6.45) is 3.92. The van der Waals surface area contributed by atoms with Gasteiger partial charge in [0.25, 0.3) is 0 Å². The van der Waals surface area contributed by atoms with Gasteiger partial charge in [0.15, 0.2) is 0 Å². The minimum absolute atomic E-state index is 0.0190. The van der Waals surface area contributed by atoms with Gasteiger partial charge in [-0.2, -0.15) is 10.2 Å². The number of anilines is 1. The molecule has 1 atom stereocenters. The molecule has 2 aromatic heterocycles. The van der Waals surface area contributed by atoms with Crippen LogP contribution in [0.2, 0.25) is 0 Å². The number of nitrogens with one attached hydrogen (secondary N) is 1. The van der Waals surface area contributed by atoms with Crippen LogP contribution in [-0.2, 0) is 20.9 Å². The Hall–Kier alpha value is -4.04. The fourth-order valence-electron chi connectivity index (χ4n) is 6.07. The fraction of sp³-hybridized carbons (Fsp3) is 0.531. The molecule has 3 aromatic rings. The van der Waals surface area contributed by atoms with Crippen LogP contribution in [0.1, 0.15) is 76.2 Å². The summed E-state index contributed by atoms with van der Waals surface area (Å²) in [5.74, 6) is -1.65. The van der Waals surface area contributed by atoms with Crippen molar-refractivity contribution >= 4 is 34.2 Å². The van der Waals surface area contributed by atoms with E-state index in [1.807, 2.05) is 20.8 Å². The van der Waals surface area contributed by atoms with Crippen molar-refractivity contribution in [1.82, 2.24) is 25.2 Å². The minimum atomic E-state index is -1.22. The van der Waals surface area contributed by atoms with Crippen molar-refractivity contribution in [2.45, 2.75) is 90.6 Å². The van der Waals surface area contributed by atoms with Gasteiger partial charge in [0, 0.05) is 17.2 Å². The Bertz CT molecular complexity index is 1580. The van der Waals surface area contributed by atoms with E-state index in [0.717, 1.165) is 16.1 Å². The van der Waals surface area contributed by atoms with Crippen LogP contribution in [0.5, 0.6) is 5.75 Å². The molecule has 46 heavy (non-hydrogen) atoms. The second kappa shape index (κ2) is 13.4. The van der Waals surface area contributed by atoms with Gasteiger partial charge >= 0.3 is 12.0 Å². The minimum Gasteiger partial charge on any atom is -0.496 e. The number of carboxylic acids is 1. The van der Waals surface area contributed by atoms with Gasteiger partial charge in [0.1, 0.15) is 33.2 Å². The number of hydrogen-bond acceptors (Lipinski definition) is 8. The van der Waals surface area contributed by atoms with Crippen molar-refractivity contribution < 1.29 is 33.4 Å². The van der Waals surface area contributed by atoms with Crippen LogP contribution >= 0.6 is 11.3 Å². The normalized spacial score (nSPS) is 19.3. The molecule has 14 heteroatoms. The van der Waals surface area contributed by atoms with Crippen molar-refractivity contribution in [1.29, 1.82) is 0 Å². The number of benzene rings is 1. The van der Waals surface area contributed by atoms with E-state index < -0.39 is 35.4 Å². The Labute approximate surface area is 271 Å². The molecule has 0 saturated heterocycles. The number of ether oxygens (including phenoxy) is 2. The number of rotatable bonds is 11. The summed E-state index contributed by atoms with van der Waals surface area (Å²) in [7, 11) is 1.49. The molecule has 3 heterocycles. The second-order valence-corrected chi connectivity index (χ2v) is 13.6. The zero-order chi connectivity index (χ0) is 33.3. The summed E-state index contributed by atoms with van der Waals surface area (Å²) in [5.41, 5.74) is 0.909. The molecule has 1 aromatic carbocycles. The summed E-state index contributed by atoms with van der Waals surface area (Å²) in [6, 6.07) is 3.63. The first-order valence-corrected chi connectivity index (χ1v) is 16.2. The molecule has 0 radical (unpaired) electrons. The van der Waals surface area contributed by atoms with Gasteiger partial charge < -0.3 is 24.8 Å². The predicted octanol–water partition coefficient (Wildman–Crippen LogP) is 5.23. The number of amides is 3. The highest BCUT2D eigenvalue weighted by Crippen LogP contribution is 2.45. The standard InChI is InChI=1S/C32H41FN6O6S/c1-18(2)36-30(42)32(4,5)38-16-24-19(3)27(39-34-13-14-35-39)46-28(24)37(31(38)43)17-26(23-15-21(33)9-12-25(23)44-6)45-22-10-7-20(8-11-22)29(40)41/h9,12-15,18,20,22,26H,7-8,10-11,16-17H2,1-6H3,(H,36,42)(H,40,41)/t20?,22?,26-/m0/s1. The molecule has 3 amide bonds. The average Bonchev–Trinajstić information content (AvgIpc) is 3.65. The first-order chi connectivity index (χ1) is 21.8. The van der Waals surface area contributed by atoms with Crippen molar-refractivity contribution in [2.75, 3.05) is 18.6 Å². The Kier molecular flexibility index (Phi) is 9.68. The molecule has 5 rings (SSSR count). The smallest absolute Gasteiger partial charge is 0.326 e. The summed E-state index contributed by atoms with van der Waals surface area (Å²) in [5, 5.41) is 22.5. The van der Waals surface area contributed by atoms with E-state index in [9.17, 15) is 23.9 Å². The Balaban J connectivity index is 1.58. The Morgan fingerprint density at radius 1 is 1.15 bits per heavy atom. The lowest BCUT2D eigenvalue weighted by atomic mass is 9.87. The third-order valence-electron chi connectivity index (χ3n) is 8.77. The van der Waals surface area contributed by atoms with Gasteiger partial charge in [-0.3, -0.25) is 14.5 Å². The first kappa shape index (κ1) is 33.3. The number of nitrogens with zero attached hydrogens (tertiary/aromatic N) is 5. The van der Waals surface area contributed by atoms with Crippen molar-refractivity contribution in [3.05, 3.63) is 53.1 Å². The Morgan fingerprint density at radius 2 is 1.83 bits per heavy atom. The maximum Gasteiger partial charge on any atom is 0.326 e. The molecule has 0 bridgehead atoms. The van der Waals surface area contributed by atoms with Gasteiger partial charge in [-0.15, -0.1) is 4.80 Å². The maximum absolute atomic E-state index is 14.8. The van der Waals surface area contributed by atoms with Gasteiger partial charge in [0.05, 0.1) is 44.6 Å². The molecular formula is C32H41FN6O6S. The number of carbonyl (C=O) groups excluding carboxylic acids is 2. The largest absolute Gasteiger partial charge is 0.496 e. The first-order valence-electron chi connectivity index (χ1n) is 15.4. The van der Waals surface area contributed by atoms with Crippen LogP contribution in [0.4, 0.5) is 14.2 Å². The quantitative estimate of drug-likeness (QED) is 0.286. The lowest BCUT2D eigenvalue weighted by molar-refractivity contribution is -0.144. The number of carboxylic acid groups (broad SMARTS) is 1. The molecule has 0 spiro atoms. The molecule has 1 aliphatic carbocycles. The molecule has 0 unspecified atom stereocenters. The average molecular weight is 657 g/mol. The van der Waals surface area contributed by atoms with E-state index >= 15 is 0 Å². The van der Waals surface area contributed by atoms with Gasteiger partial charge in [0.2, 0.25) is 5.91 Å². The van der Waals surface area contributed by atoms with Crippen LogP contribution < -0.4 is 15.0 Å². The molecule has 12 nitrogen and oxygen atoms in total. The van der Waals surface area contributed by atoms with E-state index in [1.165, 1.54) is 41.4 Å². The zero-order valence-electron chi connectivity index (χ0n) is 26.9. The van der Waals surface area contributed by atoms with Crippen molar-refractivity contribution in [2.24, 2.45) is 5.92 Å². The molecular weight excluding hydrogens is 615 g/mol. The monoisotopic (exact) mass is 656 g/mol. The third-order valence-corrected chi connectivity index (χ3v) is 10.1. The van der Waals surface area contributed by atoms with Gasteiger partial charge in [-0.05, 0) is 84.1 Å². The lowest BCUT2D eigenvalue weighted by Gasteiger charge is -2.44. The molecule has 1 saturated carbocycles. The number of aromatic nitrogens is 3. The summed E-state index contributed by atoms with van der Waals surface area (Å²) in [6.45, 7) is 9.26. The highest BCUT2D eigenvalue weighted by molar-refractivity contribution is 7.19. The molecule has 2 N–H and O–H groups in total. The highest BCUT2D eigenvalue weighted by atomic mass is 32.1. The maximum atomic E-state index is 14.8. The second-order valence-electron chi connectivity index (χ2n) is 12.6. The Morgan fingerprint density at radius 3 is 2.43 bits per heavy atom. The van der Waals surface area contributed by atoms with Crippen molar-refractivity contribution in [3.63, 3.8) is 0 Å². The van der Waals surface area contributed by atoms with Gasteiger partial charge in [-0.25, -0.2) is 9.18 Å². The number of halogens is 1. The summed E-state index contributed by atoms with van der Waals surface area (Å²) in [4.78, 5) is 44.2. The number of methoxy groups -OCH3 is 1. The van der Waals surface area contributed by atoms with E-state index in [0.29, 0.717) is 42.0 Å². The highest BCUT2D eigenvalue weighted by Gasteiger charge is 2.46. The summed E-state index contributed by atoms with van der Waals surface area (Å²) < 4.78 is 27.0. The fourth-order valence-corrected chi connectivity index (χ4v) is 7.31. The predicted molar refractivity (Wildman–Crippen MR) is 170 cm³/mol. The van der Waals surface area contributed by atoms with Crippen LogP contribution in [0.3, 0.4) is 0 Å². The molecule has 1 aliphatic heterocycles. The number of thiophene rings is 1. The topological polar surface area (TPSA) is 139 Å². The SMILES string of the molecule is COc1ccc(F)cc1[C@H](CN1C(=O)N(C(C)(C)C(=O)NC(C)C)Cc2c1sc(-n1nccn1)c2C)OC1CCC(C(=O)O)CC1. The number of carbonyl (C=O) groups is 3. The number of urea groups is 1. The molecule has 1 fully saturated rings. The third kappa shape index (κ3) is 6.59. The van der Waals surface area contributed by atoms with Crippen LogP contribution in [0.25, 0.3) is 5.00 Å². The number of hydrogen-bond donors (Lipinski definition) is 2. The van der Waals surface area contributed by atoms with E-state index in [-0.39, 0.29) is 31.1 Å². The molecule has 248 valence electrons. The van der Waals surface area contributed by atoms with Crippen molar-refractivity contribution in [3.8, 4) is 10.8 Å².